The van der Waals surface area contributed by atoms with Crippen LogP contribution in [0.4, 0.5) is 5.13 Å². The second kappa shape index (κ2) is 7.01. The fourth-order valence-corrected chi connectivity index (χ4v) is 2.60. The summed E-state index contributed by atoms with van der Waals surface area (Å²) in [5, 5.41) is 7.64. The van der Waals surface area contributed by atoms with Gasteiger partial charge in [0.1, 0.15) is 6.54 Å². The van der Waals surface area contributed by atoms with Gasteiger partial charge in [0.15, 0.2) is 5.13 Å². The van der Waals surface area contributed by atoms with E-state index in [1.54, 1.807) is 35.8 Å². The molecule has 0 aliphatic heterocycles. The number of aromatic nitrogens is 3. The molecule has 8 nitrogen and oxygen atoms in total. The monoisotopic (exact) mass is 343 g/mol. The topological polar surface area (TPSA) is 106 Å². The molecular weight excluding hydrogens is 330 g/mol. The molecule has 0 spiro atoms. The highest BCUT2D eigenvalue weighted by molar-refractivity contribution is 7.13. The van der Waals surface area contributed by atoms with E-state index < -0.39 is 5.91 Å². The second-order valence-electron chi connectivity index (χ2n) is 4.86. The van der Waals surface area contributed by atoms with Crippen molar-refractivity contribution in [3.05, 3.63) is 52.5 Å². The van der Waals surface area contributed by atoms with Crippen LogP contribution in [0.3, 0.4) is 0 Å². The van der Waals surface area contributed by atoms with E-state index in [9.17, 15) is 14.4 Å². The number of benzene rings is 1. The molecule has 0 saturated heterocycles. The third-order valence-corrected chi connectivity index (χ3v) is 3.86. The first kappa shape index (κ1) is 15.8. The van der Waals surface area contributed by atoms with Crippen molar-refractivity contribution in [2.45, 2.75) is 6.54 Å². The van der Waals surface area contributed by atoms with E-state index in [4.69, 9.17) is 0 Å². The van der Waals surface area contributed by atoms with Gasteiger partial charge < -0.3 is 10.6 Å². The number of carbonyl (C=O) groups excluding carboxylic acids is 2. The van der Waals surface area contributed by atoms with Crippen molar-refractivity contribution in [1.29, 1.82) is 0 Å². The summed E-state index contributed by atoms with van der Waals surface area (Å²) in [5.41, 5.74) is 0.268. The highest BCUT2D eigenvalue weighted by Crippen LogP contribution is 2.09. The average Bonchev–Trinajstić information content (AvgIpc) is 3.09. The molecule has 122 valence electrons. The summed E-state index contributed by atoms with van der Waals surface area (Å²) in [5.74, 6) is -0.842. The van der Waals surface area contributed by atoms with Gasteiger partial charge in [-0.05, 0) is 12.1 Å². The molecular formula is C15H13N5O3S. The maximum absolute atomic E-state index is 12.3. The number of fused-ring (bicyclic) bond motifs is 1. The Morgan fingerprint density at radius 3 is 2.79 bits per heavy atom. The van der Waals surface area contributed by atoms with Crippen molar-refractivity contribution in [1.82, 2.24) is 19.9 Å². The van der Waals surface area contributed by atoms with Crippen molar-refractivity contribution in [3.8, 4) is 0 Å². The number of rotatable bonds is 5. The zero-order chi connectivity index (χ0) is 16.9. The summed E-state index contributed by atoms with van der Waals surface area (Å²) in [6, 6.07) is 6.90. The van der Waals surface area contributed by atoms with Crippen molar-refractivity contribution < 1.29 is 9.59 Å². The molecule has 0 aliphatic carbocycles. The Bertz CT molecular complexity index is 936. The molecule has 0 bridgehead atoms. The Morgan fingerprint density at radius 2 is 2.00 bits per heavy atom. The number of nitrogens with one attached hydrogen (secondary N) is 2. The number of nitrogens with zero attached hydrogens (tertiary/aromatic N) is 3. The lowest BCUT2D eigenvalue weighted by molar-refractivity contribution is -0.124. The molecule has 0 aliphatic rings. The number of carbonyl (C=O) groups is 2. The normalized spacial score (nSPS) is 10.5. The van der Waals surface area contributed by atoms with E-state index in [2.05, 4.69) is 20.6 Å². The van der Waals surface area contributed by atoms with Gasteiger partial charge in [0.2, 0.25) is 11.8 Å². The van der Waals surface area contributed by atoms with E-state index >= 15 is 0 Å². The minimum atomic E-state index is -0.455. The molecule has 0 fully saturated rings. The maximum atomic E-state index is 12.3. The summed E-state index contributed by atoms with van der Waals surface area (Å²) in [6.45, 7) is -0.407. The van der Waals surface area contributed by atoms with E-state index in [0.29, 0.717) is 16.0 Å². The van der Waals surface area contributed by atoms with Crippen molar-refractivity contribution in [2.24, 2.45) is 0 Å². The lowest BCUT2D eigenvalue weighted by Gasteiger charge is -2.07. The number of hydrogen-bond acceptors (Lipinski definition) is 6. The van der Waals surface area contributed by atoms with Gasteiger partial charge in [0, 0.05) is 11.6 Å². The molecule has 0 radical (unpaired) electrons. The molecule has 0 saturated carbocycles. The van der Waals surface area contributed by atoms with Gasteiger partial charge in [-0.3, -0.25) is 19.0 Å². The molecule has 3 aromatic rings. The largest absolute Gasteiger partial charge is 0.345 e. The Morgan fingerprint density at radius 1 is 1.17 bits per heavy atom. The Labute approximate surface area is 140 Å². The Hall–Kier alpha value is -3.07. The quantitative estimate of drug-likeness (QED) is 0.706. The van der Waals surface area contributed by atoms with Crippen molar-refractivity contribution in [3.63, 3.8) is 0 Å². The summed E-state index contributed by atoms with van der Waals surface area (Å²) in [7, 11) is 0. The minimum Gasteiger partial charge on any atom is -0.345 e. The van der Waals surface area contributed by atoms with Gasteiger partial charge in [0.05, 0.1) is 23.8 Å². The minimum absolute atomic E-state index is 0.200. The first-order chi connectivity index (χ1) is 11.6. The second-order valence-corrected chi connectivity index (χ2v) is 5.75. The van der Waals surface area contributed by atoms with Crippen LogP contribution in [0.1, 0.15) is 0 Å². The number of amides is 2. The third-order valence-electron chi connectivity index (χ3n) is 3.17. The molecule has 0 atom stereocenters. The van der Waals surface area contributed by atoms with Gasteiger partial charge in [-0.2, -0.15) is 0 Å². The summed E-state index contributed by atoms with van der Waals surface area (Å²) >= 11 is 1.28. The van der Waals surface area contributed by atoms with Crippen LogP contribution in [0, 0.1) is 0 Å². The summed E-state index contributed by atoms with van der Waals surface area (Å²) in [6.07, 6.45) is 2.89. The number of thiazole rings is 1. The molecule has 2 aromatic heterocycles. The van der Waals surface area contributed by atoms with E-state index in [1.807, 2.05) is 0 Å². The summed E-state index contributed by atoms with van der Waals surface area (Å²) < 4.78 is 1.20. The van der Waals surface area contributed by atoms with Gasteiger partial charge in [-0.25, -0.2) is 9.97 Å². The first-order valence-corrected chi connectivity index (χ1v) is 7.91. The smallest absolute Gasteiger partial charge is 0.261 e. The SMILES string of the molecule is O=C(Cn1cnc2ccccc2c1=O)NCC(=O)Nc1nccs1. The molecule has 2 heterocycles. The molecule has 3 rings (SSSR count). The van der Waals surface area contributed by atoms with Crippen molar-refractivity contribution >= 4 is 39.2 Å². The highest BCUT2D eigenvalue weighted by Gasteiger charge is 2.10. The van der Waals surface area contributed by atoms with Crippen molar-refractivity contribution in [2.75, 3.05) is 11.9 Å². The Kier molecular flexibility index (Phi) is 4.62. The lowest BCUT2D eigenvalue weighted by atomic mass is 10.2. The van der Waals surface area contributed by atoms with Gasteiger partial charge in [-0.1, -0.05) is 12.1 Å². The van der Waals surface area contributed by atoms with E-state index in [-0.39, 0.29) is 24.6 Å². The van der Waals surface area contributed by atoms with Crippen LogP contribution >= 0.6 is 11.3 Å². The van der Waals surface area contributed by atoms with Crippen LogP contribution in [0.15, 0.2) is 47.0 Å². The predicted molar refractivity (Wildman–Crippen MR) is 89.8 cm³/mol. The fraction of sp³-hybridized carbons (Fsp3) is 0.133. The standard InChI is InChI=1S/C15H13N5O3S/c21-12(19-15-16-5-6-24-15)7-17-13(22)8-20-9-18-11-4-2-1-3-10(11)14(20)23/h1-6,9H,7-8H2,(H,17,22)(H,16,19,21). The zero-order valence-electron chi connectivity index (χ0n) is 12.4. The highest BCUT2D eigenvalue weighted by atomic mass is 32.1. The molecule has 1 aromatic carbocycles. The average molecular weight is 343 g/mol. The van der Waals surface area contributed by atoms with Gasteiger partial charge in [-0.15, -0.1) is 11.3 Å². The van der Waals surface area contributed by atoms with Crippen LogP contribution in [-0.2, 0) is 16.1 Å². The molecule has 0 unspecified atom stereocenters. The zero-order valence-corrected chi connectivity index (χ0v) is 13.2. The van der Waals surface area contributed by atoms with Crippen LogP contribution in [0.25, 0.3) is 10.9 Å². The lowest BCUT2D eigenvalue weighted by Crippen LogP contribution is -2.37. The summed E-state index contributed by atoms with van der Waals surface area (Å²) in [4.78, 5) is 43.9. The molecule has 24 heavy (non-hydrogen) atoms. The van der Waals surface area contributed by atoms with Crippen LogP contribution in [0.2, 0.25) is 0 Å². The number of anilines is 1. The fourth-order valence-electron chi connectivity index (χ4n) is 2.06. The molecule has 9 heteroatoms. The van der Waals surface area contributed by atoms with E-state index in [1.165, 1.54) is 22.2 Å². The van der Waals surface area contributed by atoms with E-state index in [0.717, 1.165) is 0 Å². The van der Waals surface area contributed by atoms with Gasteiger partial charge >= 0.3 is 0 Å². The number of hydrogen-bond donors (Lipinski definition) is 2. The first-order valence-electron chi connectivity index (χ1n) is 7.04. The predicted octanol–water partition coefficient (Wildman–Crippen LogP) is 0.608. The molecule has 2 N–H and O–H groups in total. The van der Waals surface area contributed by atoms with Gasteiger partial charge in [0.25, 0.3) is 5.56 Å². The van der Waals surface area contributed by atoms with Crippen LogP contribution in [0.5, 0.6) is 0 Å². The van der Waals surface area contributed by atoms with Crippen LogP contribution < -0.4 is 16.2 Å². The Balaban J connectivity index is 1.60. The molecule has 2 amide bonds. The van der Waals surface area contributed by atoms with Crippen LogP contribution in [-0.4, -0.2) is 32.9 Å². The maximum Gasteiger partial charge on any atom is 0.261 e. The third kappa shape index (κ3) is 3.63. The number of para-hydroxylation sites is 1.